The van der Waals surface area contributed by atoms with Gasteiger partial charge >= 0.3 is 0 Å². The Labute approximate surface area is 154 Å². The molecule has 26 heavy (non-hydrogen) atoms. The zero-order chi connectivity index (χ0) is 17.7. The molecule has 2 bridgehead atoms. The van der Waals surface area contributed by atoms with Gasteiger partial charge in [-0.15, -0.1) is 0 Å². The molecule has 0 saturated carbocycles. The van der Waals surface area contributed by atoms with Crippen molar-refractivity contribution in [2.45, 2.75) is 31.8 Å². The van der Waals surface area contributed by atoms with Crippen LogP contribution in [0, 0.1) is 5.92 Å². The fourth-order valence-corrected chi connectivity index (χ4v) is 4.83. The van der Waals surface area contributed by atoms with Crippen LogP contribution in [0.25, 0.3) is 22.2 Å². The second-order valence-corrected chi connectivity index (χ2v) is 7.92. The maximum atomic E-state index is 4.73. The molecule has 4 heteroatoms. The SMILES string of the molecule is C[C@@H]1[C@H](Nc2ccc(-c3ccc4c(ccn4C)c3)nc2)C2CCN1CC2. The molecule has 4 nitrogen and oxygen atoms in total. The number of anilines is 1. The molecule has 0 spiro atoms. The van der Waals surface area contributed by atoms with Gasteiger partial charge in [0.25, 0.3) is 0 Å². The molecule has 2 aromatic heterocycles. The third-order valence-electron chi connectivity index (χ3n) is 6.46. The smallest absolute Gasteiger partial charge is 0.0703 e. The van der Waals surface area contributed by atoms with Crippen molar-refractivity contribution in [2.75, 3.05) is 18.4 Å². The highest BCUT2D eigenvalue weighted by molar-refractivity contribution is 5.85. The number of aromatic nitrogens is 2. The van der Waals surface area contributed by atoms with Crippen LogP contribution in [0.15, 0.2) is 48.8 Å². The standard InChI is InChI=1S/C22H26N4/c1-15-22(16-8-11-26(15)12-9-16)24-19-4-5-20(23-14-19)17-3-6-21-18(13-17)7-10-25(21)2/h3-7,10,13-16,22,24H,8-9,11-12H2,1-2H3/t15-,22+/m1/s1. The summed E-state index contributed by atoms with van der Waals surface area (Å²) in [5, 5.41) is 5.03. The summed E-state index contributed by atoms with van der Waals surface area (Å²) in [7, 11) is 2.08. The van der Waals surface area contributed by atoms with E-state index in [-0.39, 0.29) is 0 Å². The number of rotatable bonds is 3. The van der Waals surface area contributed by atoms with Gasteiger partial charge in [-0.3, -0.25) is 9.88 Å². The van der Waals surface area contributed by atoms with Crippen molar-refractivity contribution in [2.24, 2.45) is 13.0 Å². The van der Waals surface area contributed by atoms with Gasteiger partial charge in [-0.1, -0.05) is 6.07 Å². The topological polar surface area (TPSA) is 33.1 Å². The zero-order valence-corrected chi connectivity index (χ0v) is 15.5. The minimum absolute atomic E-state index is 0.547. The normalized spacial score (nSPS) is 27.8. The molecular weight excluding hydrogens is 320 g/mol. The van der Waals surface area contributed by atoms with Crippen LogP contribution in [0.3, 0.4) is 0 Å². The molecule has 5 heterocycles. The summed E-state index contributed by atoms with van der Waals surface area (Å²) in [6, 6.07) is 14.2. The lowest BCUT2D eigenvalue weighted by atomic mass is 9.79. The highest BCUT2D eigenvalue weighted by Gasteiger charge is 2.39. The molecule has 1 N–H and O–H groups in total. The maximum Gasteiger partial charge on any atom is 0.0703 e. The summed E-state index contributed by atoms with van der Waals surface area (Å²) in [4.78, 5) is 7.35. The van der Waals surface area contributed by atoms with E-state index in [0.717, 1.165) is 17.3 Å². The molecule has 3 aliphatic rings. The quantitative estimate of drug-likeness (QED) is 0.774. The monoisotopic (exact) mass is 346 g/mol. The Bertz CT molecular complexity index is 917. The third kappa shape index (κ3) is 2.60. The molecule has 0 amide bonds. The average molecular weight is 346 g/mol. The van der Waals surface area contributed by atoms with Gasteiger partial charge < -0.3 is 9.88 Å². The van der Waals surface area contributed by atoms with Gasteiger partial charge in [0.05, 0.1) is 17.6 Å². The van der Waals surface area contributed by atoms with Gasteiger partial charge in [0, 0.05) is 41.8 Å². The summed E-state index contributed by atoms with van der Waals surface area (Å²) in [6.07, 6.45) is 6.74. The van der Waals surface area contributed by atoms with E-state index < -0.39 is 0 Å². The molecule has 6 rings (SSSR count). The summed E-state index contributed by atoms with van der Waals surface area (Å²) >= 11 is 0. The predicted molar refractivity (Wildman–Crippen MR) is 107 cm³/mol. The largest absolute Gasteiger partial charge is 0.379 e. The van der Waals surface area contributed by atoms with Crippen LogP contribution >= 0.6 is 0 Å². The summed E-state index contributed by atoms with van der Waals surface area (Å²) in [6.45, 7) is 4.90. The number of hydrogen-bond acceptors (Lipinski definition) is 3. The predicted octanol–water partition coefficient (Wildman–Crippen LogP) is 4.13. The first-order chi connectivity index (χ1) is 12.7. The number of fused-ring (bicyclic) bond motifs is 4. The number of aryl methyl sites for hydroxylation is 1. The molecule has 1 aromatic carbocycles. The summed E-state index contributed by atoms with van der Waals surface area (Å²) in [5.74, 6) is 0.801. The van der Waals surface area contributed by atoms with E-state index in [0.29, 0.717) is 12.1 Å². The molecule has 3 aromatic rings. The first-order valence-electron chi connectivity index (χ1n) is 9.71. The zero-order valence-electron chi connectivity index (χ0n) is 15.5. The fraction of sp³-hybridized carbons (Fsp3) is 0.409. The number of pyridine rings is 1. The van der Waals surface area contributed by atoms with Gasteiger partial charge in [-0.05, 0) is 69.1 Å². The second kappa shape index (κ2) is 6.13. The van der Waals surface area contributed by atoms with Crippen LogP contribution in [0.5, 0.6) is 0 Å². The highest BCUT2D eigenvalue weighted by atomic mass is 15.2. The van der Waals surface area contributed by atoms with E-state index >= 15 is 0 Å². The lowest BCUT2D eigenvalue weighted by Gasteiger charge is -2.50. The van der Waals surface area contributed by atoms with Gasteiger partial charge in [-0.25, -0.2) is 0 Å². The van der Waals surface area contributed by atoms with Crippen molar-refractivity contribution in [3.8, 4) is 11.3 Å². The highest BCUT2D eigenvalue weighted by Crippen LogP contribution is 2.34. The Balaban J connectivity index is 1.36. The summed E-state index contributed by atoms with van der Waals surface area (Å²) in [5.41, 5.74) is 4.60. The maximum absolute atomic E-state index is 4.73. The summed E-state index contributed by atoms with van der Waals surface area (Å²) < 4.78 is 2.15. The lowest BCUT2D eigenvalue weighted by molar-refractivity contribution is 0.0458. The van der Waals surface area contributed by atoms with Crippen LogP contribution < -0.4 is 5.32 Å². The lowest BCUT2D eigenvalue weighted by Crippen LogP contribution is -2.59. The number of nitrogens with zero attached hydrogens (tertiary/aromatic N) is 3. The fourth-order valence-electron chi connectivity index (χ4n) is 4.83. The third-order valence-corrected chi connectivity index (χ3v) is 6.46. The van der Waals surface area contributed by atoms with Crippen LogP contribution in [0.4, 0.5) is 5.69 Å². The number of piperidine rings is 3. The molecule has 0 unspecified atom stereocenters. The minimum Gasteiger partial charge on any atom is -0.379 e. The number of hydrogen-bond donors (Lipinski definition) is 1. The van der Waals surface area contributed by atoms with Gasteiger partial charge in [-0.2, -0.15) is 0 Å². The van der Waals surface area contributed by atoms with E-state index in [1.807, 2.05) is 6.20 Å². The Hall–Kier alpha value is -2.33. The first-order valence-corrected chi connectivity index (χ1v) is 9.71. The molecule has 3 aliphatic heterocycles. The van der Waals surface area contributed by atoms with E-state index in [9.17, 15) is 0 Å². The molecule has 2 atom stereocenters. The van der Waals surface area contributed by atoms with Crippen LogP contribution in [-0.2, 0) is 7.05 Å². The molecule has 3 fully saturated rings. The van der Waals surface area contributed by atoms with Gasteiger partial charge in [0.1, 0.15) is 0 Å². The van der Waals surface area contributed by atoms with Gasteiger partial charge in [0.15, 0.2) is 0 Å². The Morgan fingerprint density at radius 2 is 1.92 bits per heavy atom. The first kappa shape index (κ1) is 15.9. The van der Waals surface area contributed by atoms with Crippen molar-refractivity contribution in [1.82, 2.24) is 14.5 Å². The van der Waals surface area contributed by atoms with Crippen molar-refractivity contribution in [3.63, 3.8) is 0 Å². The van der Waals surface area contributed by atoms with E-state index in [4.69, 9.17) is 4.98 Å². The molecular formula is C22H26N4. The Morgan fingerprint density at radius 3 is 2.65 bits per heavy atom. The van der Waals surface area contributed by atoms with Crippen LogP contribution in [-0.4, -0.2) is 39.6 Å². The average Bonchev–Trinajstić information content (AvgIpc) is 3.06. The van der Waals surface area contributed by atoms with E-state index in [1.54, 1.807) is 0 Å². The van der Waals surface area contributed by atoms with E-state index in [1.165, 1.54) is 42.4 Å². The van der Waals surface area contributed by atoms with Crippen molar-refractivity contribution in [3.05, 3.63) is 48.8 Å². The van der Waals surface area contributed by atoms with Crippen LogP contribution in [0.1, 0.15) is 19.8 Å². The number of benzene rings is 1. The van der Waals surface area contributed by atoms with E-state index in [2.05, 4.69) is 71.4 Å². The molecule has 0 radical (unpaired) electrons. The Kier molecular flexibility index (Phi) is 3.75. The minimum atomic E-state index is 0.547. The molecule has 0 aliphatic carbocycles. The molecule has 134 valence electrons. The molecule has 3 saturated heterocycles. The van der Waals surface area contributed by atoms with Crippen molar-refractivity contribution in [1.29, 1.82) is 0 Å². The van der Waals surface area contributed by atoms with Gasteiger partial charge in [0.2, 0.25) is 0 Å². The Morgan fingerprint density at radius 1 is 1.08 bits per heavy atom. The van der Waals surface area contributed by atoms with Crippen molar-refractivity contribution < 1.29 is 0 Å². The number of nitrogens with one attached hydrogen (secondary N) is 1. The second-order valence-electron chi connectivity index (χ2n) is 7.92. The van der Waals surface area contributed by atoms with Crippen molar-refractivity contribution >= 4 is 16.6 Å². The van der Waals surface area contributed by atoms with Crippen LogP contribution in [0.2, 0.25) is 0 Å².